The quantitative estimate of drug-likeness (QED) is 0.740. The summed E-state index contributed by atoms with van der Waals surface area (Å²) >= 11 is 0. The molecule has 0 saturated carbocycles. The van der Waals surface area contributed by atoms with Crippen LogP contribution < -0.4 is 5.73 Å². The Labute approximate surface area is 108 Å². The van der Waals surface area contributed by atoms with E-state index in [4.69, 9.17) is 10.5 Å². The second-order valence-corrected chi connectivity index (χ2v) is 4.30. The standard InChI is InChI=1S/C13H21N3O2/c1-3-6-13(10-14,12(17)18-4-2)9-11-15-7-5-8-16-11/h5,7-8H,3-4,6,9-10,14H2,1-2H3. The fourth-order valence-corrected chi connectivity index (χ4v) is 2.01. The second-order valence-electron chi connectivity index (χ2n) is 4.30. The average molecular weight is 251 g/mol. The first-order chi connectivity index (χ1) is 8.68. The van der Waals surface area contributed by atoms with E-state index in [0.717, 1.165) is 6.42 Å². The lowest BCUT2D eigenvalue weighted by molar-refractivity contribution is -0.155. The van der Waals surface area contributed by atoms with E-state index in [1.807, 2.05) is 6.92 Å². The maximum absolute atomic E-state index is 12.1. The van der Waals surface area contributed by atoms with E-state index >= 15 is 0 Å². The third-order valence-corrected chi connectivity index (χ3v) is 2.94. The van der Waals surface area contributed by atoms with Crippen molar-refractivity contribution in [3.05, 3.63) is 24.3 Å². The summed E-state index contributed by atoms with van der Waals surface area (Å²) in [5, 5.41) is 0. The van der Waals surface area contributed by atoms with E-state index in [0.29, 0.717) is 25.3 Å². The lowest BCUT2D eigenvalue weighted by atomic mass is 9.80. The van der Waals surface area contributed by atoms with Crippen molar-refractivity contribution in [1.82, 2.24) is 9.97 Å². The van der Waals surface area contributed by atoms with Crippen molar-refractivity contribution in [2.45, 2.75) is 33.1 Å². The number of carbonyl (C=O) groups is 1. The Hall–Kier alpha value is -1.49. The molecule has 0 radical (unpaired) electrons. The van der Waals surface area contributed by atoms with Crippen LogP contribution in [0.15, 0.2) is 18.5 Å². The molecule has 1 rings (SSSR count). The van der Waals surface area contributed by atoms with Crippen LogP contribution in [0.25, 0.3) is 0 Å². The first kappa shape index (κ1) is 14.6. The minimum absolute atomic E-state index is 0.248. The Balaban J connectivity index is 2.92. The Bertz CT molecular complexity index is 370. The Morgan fingerprint density at radius 3 is 2.56 bits per heavy atom. The molecule has 0 aliphatic rings. The van der Waals surface area contributed by atoms with Gasteiger partial charge in [-0.1, -0.05) is 13.3 Å². The number of nitrogens with zero attached hydrogens (tertiary/aromatic N) is 2. The zero-order valence-corrected chi connectivity index (χ0v) is 11.1. The summed E-state index contributed by atoms with van der Waals surface area (Å²) in [5.74, 6) is 0.381. The monoisotopic (exact) mass is 251 g/mol. The predicted octanol–water partition coefficient (Wildman–Crippen LogP) is 1.33. The summed E-state index contributed by atoms with van der Waals surface area (Å²) in [4.78, 5) is 20.5. The largest absolute Gasteiger partial charge is 0.466 e. The Morgan fingerprint density at radius 2 is 2.06 bits per heavy atom. The maximum Gasteiger partial charge on any atom is 0.313 e. The van der Waals surface area contributed by atoms with Gasteiger partial charge in [0.25, 0.3) is 0 Å². The van der Waals surface area contributed by atoms with Gasteiger partial charge < -0.3 is 10.5 Å². The highest BCUT2D eigenvalue weighted by molar-refractivity contribution is 5.77. The minimum Gasteiger partial charge on any atom is -0.466 e. The third kappa shape index (κ3) is 3.50. The Kier molecular flexibility index (Phi) is 5.71. The van der Waals surface area contributed by atoms with Crippen molar-refractivity contribution in [2.75, 3.05) is 13.2 Å². The number of rotatable bonds is 7. The molecule has 2 N–H and O–H groups in total. The average Bonchev–Trinajstić information content (AvgIpc) is 2.39. The summed E-state index contributed by atoms with van der Waals surface area (Å²) in [6, 6.07) is 1.75. The lowest BCUT2D eigenvalue weighted by Crippen LogP contribution is -2.42. The number of nitrogens with two attached hydrogens (primary N) is 1. The summed E-state index contributed by atoms with van der Waals surface area (Å²) in [7, 11) is 0. The molecule has 0 spiro atoms. The van der Waals surface area contributed by atoms with Crippen LogP contribution in [0, 0.1) is 5.41 Å². The van der Waals surface area contributed by atoms with Crippen molar-refractivity contribution in [3.8, 4) is 0 Å². The summed E-state index contributed by atoms with van der Waals surface area (Å²) in [6.07, 6.45) is 5.31. The third-order valence-electron chi connectivity index (χ3n) is 2.94. The zero-order chi connectivity index (χ0) is 13.4. The van der Waals surface area contributed by atoms with Gasteiger partial charge in [0.05, 0.1) is 12.0 Å². The summed E-state index contributed by atoms with van der Waals surface area (Å²) in [6.45, 7) is 4.43. The van der Waals surface area contributed by atoms with E-state index in [1.54, 1.807) is 25.4 Å². The maximum atomic E-state index is 12.1. The molecule has 1 aromatic rings. The van der Waals surface area contributed by atoms with E-state index in [9.17, 15) is 4.79 Å². The second kappa shape index (κ2) is 7.06. The molecule has 0 bridgehead atoms. The van der Waals surface area contributed by atoms with E-state index < -0.39 is 5.41 Å². The first-order valence-corrected chi connectivity index (χ1v) is 6.31. The topological polar surface area (TPSA) is 78.1 Å². The molecule has 18 heavy (non-hydrogen) atoms. The van der Waals surface area contributed by atoms with Crippen molar-refractivity contribution in [3.63, 3.8) is 0 Å². The molecule has 1 unspecified atom stereocenters. The Morgan fingerprint density at radius 1 is 1.39 bits per heavy atom. The fraction of sp³-hybridized carbons (Fsp3) is 0.615. The van der Waals surface area contributed by atoms with Gasteiger partial charge in [-0.3, -0.25) is 4.79 Å². The van der Waals surface area contributed by atoms with Gasteiger partial charge in [0.2, 0.25) is 0 Å². The van der Waals surface area contributed by atoms with Crippen LogP contribution in [0.1, 0.15) is 32.5 Å². The van der Waals surface area contributed by atoms with E-state index in [-0.39, 0.29) is 12.5 Å². The molecule has 100 valence electrons. The highest BCUT2D eigenvalue weighted by Crippen LogP contribution is 2.28. The highest BCUT2D eigenvalue weighted by Gasteiger charge is 2.38. The lowest BCUT2D eigenvalue weighted by Gasteiger charge is -2.29. The van der Waals surface area contributed by atoms with Gasteiger partial charge >= 0.3 is 5.97 Å². The van der Waals surface area contributed by atoms with Gasteiger partial charge in [-0.05, 0) is 19.4 Å². The smallest absolute Gasteiger partial charge is 0.313 e. The van der Waals surface area contributed by atoms with Gasteiger partial charge in [-0.2, -0.15) is 0 Å². The van der Waals surface area contributed by atoms with Crippen LogP contribution in [0.3, 0.4) is 0 Å². The number of hydrogen-bond acceptors (Lipinski definition) is 5. The number of hydrogen-bond donors (Lipinski definition) is 1. The molecular weight excluding hydrogens is 230 g/mol. The van der Waals surface area contributed by atoms with Crippen LogP contribution in [0.4, 0.5) is 0 Å². The normalized spacial score (nSPS) is 13.9. The fourth-order valence-electron chi connectivity index (χ4n) is 2.01. The van der Waals surface area contributed by atoms with Crippen molar-refractivity contribution < 1.29 is 9.53 Å². The molecule has 0 aliphatic heterocycles. The van der Waals surface area contributed by atoms with Gasteiger partial charge in [0.15, 0.2) is 0 Å². The molecule has 0 aliphatic carbocycles. The molecule has 5 heteroatoms. The molecule has 0 amide bonds. The van der Waals surface area contributed by atoms with Crippen LogP contribution in [0.5, 0.6) is 0 Å². The molecule has 5 nitrogen and oxygen atoms in total. The van der Waals surface area contributed by atoms with Crippen LogP contribution >= 0.6 is 0 Å². The van der Waals surface area contributed by atoms with E-state index in [1.165, 1.54) is 0 Å². The highest BCUT2D eigenvalue weighted by atomic mass is 16.5. The molecule has 1 heterocycles. The molecule has 0 saturated heterocycles. The number of aromatic nitrogens is 2. The predicted molar refractivity (Wildman–Crippen MR) is 68.8 cm³/mol. The molecule has 1 aromatic heterocycles. The van der Waals surface area contributed by atoms with Crippen LogP contribution in [-0.4, -0.2) is 29.1 Å². The van der Waals surface area contributed by atoms with Gasteiger partial charge in [0.1, 0.15) is 5.82 Å². The van der Waals surface area contributed by atoms with Crippen LogP contribution in [0.2, 0.25) is 0 Å². The van der Waals surface area contributed by atoms with Crippen molar-refractivity contribution >= 4 is 5.97 Å². The van der Waals surface area contributed by atoms with Crippen molar-refractivity contribution in [2.24, 2.45) is 11.1 Å². The number of carbonyl (C=O) groups excluding carboxylic acids is 1. The molecule has 0 fully saturated rings. The zero-order valence-electron chi connectivity index (χ0n) is 11.1. The SMILES string of the molecule is CCCC(CN)(Cc1ncccn1)C(=O)OCC. The number of esters is 1. The molecule has 1 atom stereocenters. The van der Waals surface area contributed by atoms with Crippen molar-refractivity contribution in [1.29, 1.82) is 0 Å². The van der Waals surface area contributed by atoms with Gasteiger partial charge in [0, 0.05) is 25.4 Å². The summed E-state index contributed by atoms with van der Waals surface area (Å²) in [5.41, 5.74) is 5.11. The number of ether oxygens (including phenoxy) is 1. The summed E-state index contributed by atoms with van der Waals surface area (Å²) < 4.78 is 5.15. The van der Waals surface area contributed by atoms with Crippen LogP contribution in [-0.2, 0) is 16.0 Å². The minimum atomic E-state index is -0.702. The van der Waals surface area contributed by atoms with Gasteiger partial charge in [-0.15, -0.1) is 0 Å². The molecule has 0 aromatic carbocycles. The molecular formula is C13H21N3O2. The van der Waals surface area contributed by atoms with Gasteiger partial charge in [-0.25, -0.2) is 9.97 Å². The van der Waals surface area contributed by atoms with E-state index in [2.05, 4.69) is 9.97 Å². The first-order valence-electron chi connectivity index (χ1n) is 6.31.